The van der Waals surface area contributed by atoms with Gasteiger partial charge < -0.3 is 0 Å². The van der Waals surface area contributed by atoms with Crippen molar-refractivity contribution < 1.29 is 4.21 Å². The minimum atomic E-state index is -1.47. The number of aryl methyl sites for hydroxylation is 1. The minimum Gasteiger partial charge on any atom is -0.293 e. The molecular formula is C15H17BrClN3OS. The lowest BCUT2D eigenvalue weighted by Crippen LogP contribution is -2.10. The van der Waals surface area contributed by atoms with Crippen LogP contribution in [0.1, 0.15) is 25.0 Å². The summed E-state index contributed by atoms with van der Waals surface area (Å²) in [4.78, 5) is 4.71. The first-order valence-corrected chi connectivity index (χ1v) is 8.95. The first-order chi connectivity index (χ1) is 10.5. The zero-order valence-corrected chi connectivity index (χ0v) is 15.6. The number of nitrogens with one attached hydrogen (secondary N) is 2. The van der Waals surface area contributed by atoms with Crippen molar-refractivity contribution in [3.63, 3.8) is 0 Å². The SMILES string of the molecule is CC.Cc1ccc(S(=O)Nc2nccc(Cl)c2C(=N)Br)cc1. The normalized spacial score (nSPS) is 11.1. The Morgan fingerprint density at radius 2 is 1.86 bits per heavy atom. The lowest BCUT2D eigenvalue weighted by molar-refractivity contribution is 0.686. The van der Waals surface area contributed by atoms with Crippen LogP contribution in [-0.4, -0.2) is 13.8 Å². The minimum absolute atomic E-state index is 0.0824. The Hall–Kier alpha value is -1.24. The third-order valence-electron chi connectivity index (χ3n) is 2.54. The van der Waals surface area contributed by atoms with Gasteiger partial charge in [0.25, 0.3) is 0 Å². The Morgan fingerprint density at radius 1 is 1.27 bits per heavy atom. The van der Waals surface area contributed by atoms with Gasteiger partial charge in [-0.25, -0.2) is 9.19 Å². The first-order valence-electron chi connectivity index (χ1n) is 6.63. The zero-order valence-electron chi connectivity index (χ0n) is 12.5. The lowest BCUT2D eigenvalue weighted by atomic mass is 10.2. The summed E-state index contributed by atoms with van der Waals surface area (Å²) in [7, 11) is -1.47. The van der Waals surface area contributed by atoms with Crippen LogP contribution in [0, 0.1) is 12.3 Å². The van der Waals surface area contributed by atoms with Gasteiger partial charge in [-0.2, -0.15) is 0 Å². The van der Waals surface area contributed by atoms with Gasteiger partial charge >= 0.3 is 0 Å². The predicted molar refractivity (Wildman–Crippen MR) is 97.6 cm³/mol. The molecule has 0 fully saturated rings. The predicted octanol–water partition coefficient (Wildman–Crippen LogP) is 4.92. The summed E-state index contributed by atoms with van der Waals surface area (Å²) in [5.74, 6) is 0.304. The van der Waals surface area contributed by atoms with Crippen molar-refractivity contribution in [1.29, 1.82) is 5.41 Å². The molecule has 1 aromatic carbocycles. The number of aromatic nitrogens is 1. The second-order valence-corrected chi connectivity index (χ2v) is 6.43. The third-order valence-corrected chi connectivity index (χ3v) is 4.33. The molecule has 1 unspecified atom stereocenters. The molecule has 0 amide bonds. The molecule has 0 aliphatic carbocycles. The molecule has 0 aliphatic rings. The highest BCUT2D eigenvalue weighted by Gasteiger charge is 2.14. The van der Waals surface area contributed by atoms with Crippen LogP contribution in [0.2, 0.25) is 5.02 Å². The third kappa shape index (κ3) is 4.90. The van der Waals surface area contributed by atoms with Gasteiger partial charge in [-0.05, 0) is 41.1 Å². The van der Waals surface area contributed by atoms with Gasteiger partial charge in [0.15, 0.2) is 11.0 Å². The van der Waals surface area contributed by atoms with Crippen LogP contribution >= 0.6 is 27.5 Å². The number of halogens is 2. The average molecular weight is 403 g/mol. The van der Waals surface area contributed by atoms with Gasteiger partial charge in [-0.3, -0.25) is 10.1 Å². The van der Waals surface area contributed by atoms with Gasteiger partial charge in [0.05, 0.1) is 15.5 Å². The molecule has 0 saturated heterocycles. The molecule has 0 saturated carbocycles. The Morgan fingerprint density at radius 3 is 2.41 bits per heavy atom. The number of hydrogen-bond donors (Lipinski definition) is 2. The summed E-state index contributed by atoms with van der Waals surface area (Å²) in [6.45, 7) is 5.96. The van der Waals surface area contributed by atoms with Crippen molar-refractivity contribution in [2.45, 2.75) is 25.7 Å². The van der Waals surface area contributed by atoms with Crippen molar-refractivity contribution >= 4 is 49.0 Å². The smallest absolute Gasteiger partial charge is 0.151 e. The Bertz CT molecular complexity index is 677. The molecule has 0 spiro atoms. The lowest BCUT2D eigenvalue weighted by Gasteiger charge is -2.10. The Balaban J connectivity index is 0.00000116. The van der Waals surface area contributed by atoms with Gasteiger partial charge in [0.2, 0.25) is 0 Å². The van der Waals surface area contributed by atoms with Crippen LogP contribution in [0.5, 0.6) is 0 Å². The molecule has 2 rings (SSSR count). The van der Waals surface area contributed by atoms with Gasteiger partial charge in [0.1, 0.15) is 10.4 Å². The number of rotatable bonds is 4. The van der Waals surface area contributed by atoms with Crippen LogP contribution in [0.15, 0.2) is 41.4 Å². The molecular weight excluding hydrogens is 386 g/mol. The molecule has 0 aliphatic heterocycles. The van der Waals surface area contributed by atoms with E-state index in [9.17, 15) is 4.21 Å². The van der Waals surface area contributed by atoms with Gasteiger partial charge in [-0.1, -0.05) is 43.1 Å². The van der Waals surface area contributed by atoms with Crippen molar-refractivity contribution in [3.8, 4) is 0 Å². The molecule has 4 nitrogen and oxygen atoms in total. The number of hydrogen-bond acceptors (Lipinski definition) is 3. The fourth-order valence-corrected chi connectivity index (χ4v) is 3.12. The molecule has 2 N–H and O–H groups in total. The zero-order chi connectivity index (χ0) is 16.7. The Labute approximate surface area is 146 Å². The highest BCUT2D eigenvalue weighted by Crippen LogP contribution is 2.25. The van der Waals surface area contributed by atoms with E-state index in [-0.39, 0.29) is 4.62 Å². The van der Waals surface area contributed by atoms with Crippen LogP contribution < -0.4 is 4.72 Å². The maximum atomic E-state index is 12.2. The molecule has 22 heavy (non-hydrogen) atoms. The highest BCUT2D eigenvalue weighted by atomic mass is 79.9. The van der Waals surface area contributed by atoms with Crippen LogP contribution in [-0.2, 0) is 11.0 Å². The van der Waals surface area contributed by atoms with E-state index < -0.39 is 11.0 Å². The fourth-order valence-electron chi connectivity index (χ4n) is 1.53. The summed E-state index contributed by atoms with van der Waals surface area (Å²) in [6.07, 6.45) is 1.50. The van der Waals surface area contributed by atoms with Crippen molar-refractivity contribution in [2.75, 3.05) is 4.72 Å². The molecule has 7 heteroatoms. The first kappa shape index (κ1) is 18.8. The maximum absolute atomic E-state index is 12.2. The van der Waals surface area contributed by atoms with Crippen LogP contribution in [0.25, 0.3) is 0 Å². The van der Waals surface area contributed by atoms with Crippen LogP contribution in [0.4, 0.5) is 5.82 Å². The van der Waals surface area contributed by atoms with E-state index in [0.29, 0.717) is 21.3 Å². The van der Waals surface area contributed by atoms with Gasteiger partial charge in [-0.15, -0.1) is 0 Å². The fraction of sp³-hybridized carbons (Fsp3) is 0.200. The van der Waals surface area contributed by atoms with Crippen molar-refractivity contribution in [3.05, 3.63) is 52.7 Å². The molecule has 1 heterocycles. The van der Waals surface area contributed by atoms with E-state index >= 15 is 0 Å². The summed E-state index contributed by atoms with van der Waals surface area (Å²) in [5.41, 5.74) is 1.48. The number of anilines is 1. The van der Waals surface area contributed by atoms with Crippen molar-refractivity contribution in [2.24, 2.45) is 0 Å². The highest BCUT2D eigenvalue weighted by molar-refractivity contribution is 9.18. The van der Waals surface area contributed by atoms with E-state index in [1.807, 2.05) is 32.9 Å². The molecule has 1 atom stereocenters. The largest absolute Gasteiger partial charge is 0.293 e. The van der Waals surface area contributed by atoms with Crippen molar-refractivity contribution in [1.82, 2.24) is 4.98 Å². The standard InChI is InChI=1S/C13H11BrClN3OS.C2H6/c1-8-2-4-9(5-3-8)20(19)18-13-11(12(14)16)10(15)6-7-17-13;1-2/h2-7,16H,1H3,(H,17,18);1-2H3. The summed E-state index contributed by atoms with van der Waals surface area (Å²) in [5, 5.41) is 8.01. The van der Waals surface area contributed by atoms with E-state index in [1.165, 1.54) is 6.20 Å². The molecule has 0 radical (unpaired) electrons. The number of benzene rings is 1. The quantitative estimate of drug-likeness (QED) is 0.712. The van der Waals surface area contributed by atoms with Gasteiger partial charge in [0, 0.05) is 6.20 Å². The molecule has 0 bridgehead atoms. The van der Waals surface area contributed by atoms with E-state index in [1.54, 1.807) is 18.2 Å². The number of pyridine rings is 1. The molecule has 2 aromatic rings. The summed E-state index contributed by atoms with van der Waals surface area (Å²) < 4.78 is 15.1. The maximum Gasteiger partial charge on any atom is 0.151 e. The molecule has 1 aromatic heterocycles. The number of nitrogens with zero attached hydrogens (tertiary/aromatic N) is 1. The van der Waals surface area contributed by atoms with E-state index in [0.717, 1.165) is 5.56 Å². The van der Waals surface area contributed by atoms with Crippen LogP contribution in [0.3, 0.4) is 0 Å². The summed E-state index contributed by atoms with van der Waals surface area (Å²) in [6, 6.07) is 8.90. The van der Waals surface area contributed by atoms with E-state index in [4.69, 9.17) is 17.0 Å². The monoisotopic (exact) mass is 401 g/mol. The Kier molecular flexibility index (Phi) is 7.72. The molecule has 118 valence electrons. The average Bonchev–Trinajstić information content (AvgIpc) is 2.49. The van der Waals surface area contributed by atoms with E-state index in [2.05, 4.69) is 25.6 Å². The summed E-state index contributed by atoms with van der Waals surface area (Å²) >= 11 is 9.08. The second kappa shape index (κ2) is 9.02. The topological polar surface area (TPSA) is 65.8 Å². The second-order valence-electron chi connectivity index (χ2n) is 4.01.